The number of carbonyl (C=O) groups is 1. The molecule has 122 valence electrons. The third-order valence-corrected chi connectivity index (χ3v) is 4.06. The lowest BCUT2D eigenvalue weighted by Gasteiger charge is -2.10. The fourth-order valence-corrected chi connectivity index (χ4v) is 2.93. The van der Waals surface area contributed by atoms with Crippen LogP contribution in [-0.4, -0.2) is 24.1 Å². The van der Waals surface area contributed by atoms with Crippen molar-refractivity contribution in [3.05, 3.63) is 52.2 Å². The molecule has 0 saturated carbocycles. The zero-order valence-electron chi connectivity index (χ0n) is 12.5. The van der Waals surface area contributed by atoms with Crippen molar-refractivity contribution in [2.75, 3.05) is 13.2 Å². The Kier molecular flexibility index (Phi) is 3.58. The molecule has 0 aromatic heterocycles. The number of ether oxygens (including phenoxy) is 3. The van der Waals surface area contributed by atoms with Crippen LogP contribution < -0.4 is 14.2 Å². The van der Waals surface area contributed by atoms with Crippen molar-refractivity contribution in [1.29, 1.82) is 0 Å². The number of aromatic hydroxyl groups is 1. The summed E-state index contributed by atoms with van der Waals surface area (Å²) in [6.45, 7) is 1.09. The molecule has 0 atom stereocenters. The summed E-state index contributed by atoms with van der Waals surface area (Å²) in [6.07, 6.45) is 2.38. The number of ketones is 1. The Morgan fingerprint density at radius 2 is 1.92 bits per heavy atom. The first kappa shape index (κ1) is 14.9. The predicted molar refractivity (Wildman–Crippen MR) is 88.1 cm³/mol. The highest BCUT2D eigenvalue weighted by atomic mass is 35.5. The highest BCUT2D eigenvalue weighted by Gasteiger charge is 2.27. The molecule has 0 aliphatic carbocycles. The molecular formula is C18H13ClO5. The minimum absolute atomic E-state index is 0.0430. The fraction of sp³-hybridized carbons (Fsp3) is 0.167. The van der Waals surface area contributed by atoms with Gasteiger partial charge in [0.05, 0.1) is 23.8 Å². The average molecular weight is 345 g/mol. The first-order chi connectivity index (χ1) is 11.6. The highest BCUT2D eigenvalue weighted by Crippen LogP contribution is 2.39. The lowest BCUT2D eigenvalue weighted by atomic mass is 10.1. The number of carbonyl (C=O) groups excluding carboxylic acids is 1. The summed E-state index contributed by atoms with van der Waals surface area (Å²) < 4.78 is 16.8. The van der Waals surface area contributed by atoms with Crippen molar-refractivity contribution in [2.24, 2.45) is 0 Å². The van der Waals surface area contributed by atoms with Crippen LogP contribution >= 0.6 is 11.6 Å². The lowest BCUT2D eigenvalue weighted by molar-refractivity contribution is 0.101. The SMILES string of the molecule is O=C1/C(=C\c2cc(Cl)c3c(c2)OCCCO3)Oc2cc(O)ccc21. The summed E-state index contributed by atoms with van der Waals surface area (Å²) in [5.74, 6) is 1.37. The van der Waals surface area contributed by atoms with E-state index in [1.165, 1.54) is 18.2 Å². The lowest BCUT2D eigenvalue weighted by Crippen LogP contribution is -1.98. The van der Waals surface area contributed by atoms with Crippen LogP contribution in [0.4, 0.5) is 0 Å². The Hall–Kier alpha value is -2.66. The number of hydrogen-bond acceptors (Lipinski definition) is 5. The molecule has 5 nitrogen and oxygen atoms in total. The molecule has 0 bridgehead atoms. The normalized spacial score (nSPS) is 17.4. The largest absolute Gasteiger partial charge is 0.508 e. The van der Waals surface area contributed by atoms with Crippen LogP contribution in [0.25, 0.3) is 6.08 Å². The van der Waals surface area contributed by atoms with Gasteiger partial charge in [-0.3, -0.25) is 4.79 Å². The predicted octanol–water partition coefficient (Wildman–Crippen LogP) is 3.82. The van der Waals surface area contributed by atoms with E-state index in [0.29, 0.717) is 46.6 Å². The minimum atomic E-state index is -0.242. The highest BCUT2D eigenvalue weighted by molar-refractivity contribution is 6.32. The smallest absolute Gasteiger partial charge is 0.231 e. The van der Waals surface area contributed by atoms with Crippen LogP contribution in [0.3, 0.4) is 0 Å². The number of fused-ring (bicyclic) bond motifs is 2. The molecular weight excluding hydrogens is 332 g/mol. The first-order valence-corrected chi connectivity index (χ1v) is 7.86. The molecule has 6 heteroatoms. The summed E-state index contributed by atoms with van der Waals surface area (Å²) in [4.78, 5) is 12.4. The van der Waals surface area contributed by atoms with E-state index >= 15 is 0 Å². The maximum Gasteiger partial charge on any atom is 0.231 e. The second-order valence-electron chi connectivity index (χ2n) is 5.50. The average Bonchev–Trinajstić information content (AvgIpc) is 2.73. The van der Waals surface area contributed by atoms with Gasteiger partial charge < -0.3 is 19.3 Å². The van der Waals surface area contributed by atoms with Crippen molar-refractivity contribution in [2.45, 2.75) is 6.42 Å². The van der Waals surface area contributed by atoms with Crippen LogP contribution in [0.15, 0.2) is 36.1 Å². The zero-order valence-corrected chi connectivity index (χ0v) is 13.3. The molecule has 0 spiro atoms. The van der Waals surface area contributed by atoms with Gasteiger partial charge in [-0.1, -0.05) is 11.6 Å². The van der Waals surface area contributed by atoms with Gasteiger partial charge in [0.15, 0.2) is 17.3 Å². The van der Waals surface area contributed by atoms with Crippen molar-refractivity contribution in [1.82, 2.24) is 0 Å². The van der Waals surface area contributed by atoms with Gasteiger partial charge in [0.1, 0.15) is 11.5 Å². The molecule has 2 aliphatic heterocycles. The van der Waals surface area contributed by atoms with Gasteiger partial charge in [-0.25, -0.2) is 0 Å². The minimum Gasteiger partial charge on any atom is -0.508 e. The van der Waals surface area contributed by atoms with Crippen molar-refractivity contribution >= 4 is 23.5 Å². The van der Waals surface area contributed by atoms with Gasteiger partial charge in [0.25, 0.3) is 0 Å². The maximum atomic E-state index is 12.4. The van der Waals surface area contributed by atoms with E-state index in [4.69, 9.17) is 25.8 Å². The molecule has 0 amide bonds. The molecule has 0 saturated heterocycles. The number of Topliss-reactive ketones (excluding diaryl/α,β-unsaturated/α-hetero) is 1. The summed E-state index contributed by atoms with van der Waals surface area (Å²) in [5.41, 5.74) is 1.09. The third kappa shape index (κ3) is 2.57. The zero-order chi connectivity index (χ0) is 16.7. The molecule has 0 unspecified atom stereocenters. The molecule has 24 heavy (non-hydrogen) atoms. The van der Waals surface area contributed by atoms with E-state index in [1.54, 1.807) is 18.2 Å². The van der Waals surface area contributed by atoms with Gasteiger partial charge in [-0.2, -0.15) is 0 Å². The summed E-state index contributed by atoms with van der Waals surface area (Å²) in [5, 5.41) is 9.91. The number of phenols is 1. The van der Waals surface area contributed by atoms with Crippen LogP contribution in [-0.2, 0) is 0 Å². The Morgan fingerprint density at radius 3 is 2.79 bits per heavy atom. The molecule has 4 rings (SSSR count). The number of hydrogen-bond donors (Lipinski definition) is 1. The summed E-state index contributed by atoms with van der Waals surface area (Å²) in [7, 11) is 0. The fourth-order valence-electron chi connectivity index (χ4n) is 2.66. The number of rotatable bonds is 1. The van der Waals surface area contributed by atoms with E-state index in [2.05, 4.69) is 0 Å². The standard InChI is InChI=1S/C18H13ClO5/c19-13-6-10(8-16-18(13)23-5-1-4-22-16)7-15-17(21)12-3-2-11(20)9-14(12)24-15/h2-3,6-9,20H,1,4-5H2/b15-7+. The van der Waals surface area contributed by atoms with Crippen LogP contribution in [0.5, 0.6) is 23.0 Å². The van der Waals surface area contributed by atoms with Crippen molar-refractivity contribution in [3.63, 3.8) is 0 Å². The van der Waals surface area contributed by atoms with Gasteiger partial charge in [0.2, 0.25) is 5.78 Å². The van der Waals surface area contributed by atoms with Crippen molar-refractivity contribution < 1.29 is 24.1 Å². The van der Waals surface area contributed by atoms with E-state index in [9.17, 15) is 9.90 Å². The van der Waals surface area contributed by atoms with Crippen LogP contribution in [0.1, 0.15) is 22.3 Å². The Morgan fingerprint density at radius 1 is 1.08 bits per heavy atom. The molecule has 0 radical (unpaired) electrons. The van der Waals surface area contributed by atoms with E-state index < -0.39 is 0 Å². The Bertz CT molecular complexity index is 872. The van der Waals surface area contributed by atoms with Gasteiger partial charge in [0, 0.05) is 12.5 Å². The number of allylic oxidation sites excluding steroid dienone is 1. The topological polar surface area (TPSA) is 65.0 Å². The first-order valence-electron chi connectivity index (χ1n) is 7.48. The Labute approximate surface area is 143 Å². The number of halogens is 1. The summed E-state index contributed by atoms with van der Waals surface area (Å²) in [6, 6.07) is 7.85. The monoisotopic (exact) mass is 344 g/mol. The molecule has 1 N–H and O–H groups in total. The van der Waals surface area contributed by atoms with E-state index in [1.807, 2.05) is 0 Å². The number of phenolic OH excluding ortho intramolecular Hbond substituents is 1. The van der Waals surface area contributed by atoms with Crippen LogP contribution in [0, 0.1) is 0 Å². The molecule has 2 aliphatic rings. The third-order valence-electron chi connectivity index (χ3n) is 3.78. The summed E-state index contributed by atoms with van der Waals surface area (Å²) >= 11 is 6.26. The molecule has 2 heterocycles. The van der Waals surface area contributed by atoms with E-state index in [-0.39, 0.29) is 17.3 Å². The van der Waals surface area contributed by atoms with Gasteiger partial charge in [-0.15, -0.1) is 0 Å². The molecule has 0 fully saturated rings. The second kappa shape index (κ2) is 5.76. The maximum absolute atomic E-state index is 12.4. The van der Waals surface area contributed by atoms with Crippen LogP contribution in [0.2, 0.25) is 5.02 Å². The molecule has 2 aromatic rings. The quantitative estimate of drug-likeness (QED) is 0.797. The molecule has 2 aromatic carbocycles. The van der Waals surface area contributed by atoms with E-state index in [0.717, 1.165) is 6.42 Å². The second-order valence-corrected chi connectivity index (χ2v) is 5.91. The van der Waals surface area contributed by atoms with Gasteiger partial charge in [-0.05, 0) is 35.9 Å². The van der Waals surface area contributed by atoms with Crippen molar-refractivity contribution in [3.8, 4) is 23.0 Å². The Balaban J connectivity index is 1.71. The number of benzene rings is 2. The van der Waals surface area contributed by atoms with Gasteiger partial charge >= 0.3 is 0 Å².